The minimum Gasteiger partial charge on any atom is -0.497 e. The van der Waals surface area contributed by atoms with E-state index in [4.69, 9.17) is 4.74 Å². The number of anilines is 1. The van der Waals surface area contributed by atoms with Gasteiger partial charge < -0.3 is 10.1 Å². The van der Waals surface area contributed by atoms with Gasteiger partial charge in [-0.3, -0.25) is 4.79 Å². The van der Waals surface area contributed by atoms with Crippen molar-refractivity contribution in [2.75, 3.05) is 18.2 Å². The molecule has 27 heavy (non-hydrogen) atoms. The summed E-state index contributed by atoms with van der Waals surface area (Å²) >= 11 is 1.35. The number of thiazole rings is 1. The lowest BCUT2D eigenvalue weighted by molar-refractivity contribution is -0.116. The second-order valence-corrected chi connectivity index (χ2v) is 9.30. The number of benzene rings is 2. The summed E-state index contributed by atoms with van der Waals surface area (Å²) in [4.78, 5) is 16.4. The average molecular weight is 405 g/mol. The Bertz CT molecular complexity index is 1030. The highest BCUT2D eigenvalue weighted by atomic mass is 32.2. The molecule has 8 heteroatoms. The molecule has 0 saturated carbocycles. The van der Waals surface area contributed by atoms with Gasteiger partial charge in [0.25, 0.3) is 0 Å². The van der Waals surface area contributed by atoms with E-state index in [-0.39, 0.29) is 30.3 Å². The van der Waals surface area contributed by atoms with E-state index in [0.717, 1.165) is 21.5 Å². The fourth-order valence-corrected chi connectivity index (χ4v) is 4.96. The number of ether oxygens (including phenoxy) is 1. The Kier molecular flexibility index (Phi) is 6.08. The minimum atomic E-state index is -3.24. The number of sulfone groups is 1. The molecule has 1 amide bonds. The monoisotopic (exact) mass is 404 g/mol. The first-order chi connectivity index (χ1) is 12.9. The molecule has 0 radical (unpaired) electrons. The number of carbonyl (C=O) groups is 1. The lowest BCUT2D eigenvalue weighted by Gasteiger charge is -2.05. The minimum absolute atomic E-state index is 0.00480. The largest absolute Gasteiger partial charge is 0.497 e. The van der Waals surface area contributed by atoms with Gasteiger partial charge in [0.15, 0.2) is 15.0 Å². The van der Waals surface area contributed by atoms with Gasteiger partial charge in [-0.2, -0.15) is 0 Å². The van der Waals surface area contributed by atoms with E-state index < -0.39 is 9.84 Å². The van der Waals surface area contributed by atoms with Crippen LogP contribution < -0.4 is 10.1 Å². The van der Waals surface area contributed by atoms with Crippen molar-refractivity contribution in [2.24, 2.45) is 0 Å². The van der Waals surface area contributed by atoms with Crippen molar-refractivity contribution in [3.63, 3.8) is 0 Å². The normalized spacial score (nSPS) is 11.4. The summed E-state index contributed by atoms with van der Waals surface area (Å²) in [6.07, 6.45) is 0.410. The summed E-state index contributed by atoms with van der Waals surface area (Å²) < 4.78 is 30.4. The molecule has 0 spiro atoms. The zero-order valence-corrected chi connectivity index (χ0v) is 16.5. The number of hydrogen-bond donors (Lipinski definition) is 1. The molecule has 6 nitrogen and oxygen atoms in total. The van der Waals surface area contributed by atoms with E-state index in [0.29, 0.717) is 5.13 Å². The fraction of sp³-hybridized carbons (Fsp3) is 0.263. The number of carbonyl (C=O) groups excluding carboxylic acids is 1. The average Bonchev–Trinajstić information content (AvgIpc) is 3.03. The molecule has 0 fully saturated rings. The molecule has 0 saturated heterocycles. The van der Waals surface area contributed by atoms with Gasteiger partial charge in [-0.05, 0) is 30.2 Å². The van der Waals surface area contributed by atoms with Gasteiger partial charge in [-0.15, -0.1) is 0 Å². The van der Waals surface area contributed by atoms with Crippen LogP contribution in [0.2, 0.25) is 0 Å². The summed E-state index contributed by atoms with van der Waals surface area (Å²) in [5.41, 5.74) is 1.54. The molecule has 142 valence electrons. The molecule has 1 N–H and O–H groups in total. The smallest absolute Gasteiger partial charge is 0.226 e. The quantitative estimate of drug-likeness (QED) is 0.619. The van der Waals surface area contributed by atoms with Crippen molar-refractivity contribution < 1.29 is 17.9 Å². The van der Waals surface area contributed by atoms with Gasteiger partial charge in [0.05, 0.1) is 28.8 Å². The summed E-state index contributed by atoms with van der Waals surface area (Å²) in [5.74, 6) is 0.463. The van der Waals surface area contributed by atoms with E-state index >= 15 is 0 Å². The molecule has 1 aromatic heterocycles. The standard InChI is InChI=1S/C19H20N2O4S2/c1-25-15-9-10-16-17(12-15)26-19(20-16)21-18(22)8-5-11-27(23,24)13-14-6-3-2-4-7-14/h2-4,6-7,9-10,12H,5,8,11,13H2,1H3,(H,20,21,22). The molecule has 2 aromatic carbocycles. The Morgan fingerprint density at radius 1 is 1.19 bits per heavy atom. The number of fused-ring (bicyclic) bond motifs is 1. The highest BCUT2D eigenvalue weighted by molar-refractivity contribution is 7.90. The van der Waals surface area contributed by atoms with E-state index in [9.17, 15) is 13.2 Å². The van der Waals surface area contributed by atoms with Gasteiger partial charge in [0, 0.05) is 6.42 Å². The summed E-state index contributed by atoms with van der Waals surface area (Å²) in [7, 11) is -1.64. The number of methoxy groups -OCH3 is 1. The molecule has 0 bridgehead atoms. The van der Waals surface area contributed by atoms with E-state index in [1.54, 1.807) is 19.2 Å². The molecule has 0 aliphatic heterocycles. The number of amides is 1. The molecular formula is C19H20N2O4S2. The van der Waals surface area contributed by atoms with Crippen LogP contribution in [0.1, 0.15) is 18.4 Å². The first-order valence-electron chi connectivity index (χ1n) is 8.44. The van der Waals surface area contributed by atoms with Crippen molar-refractivity contribution in [3.8, 4) is 5.75 Å². The predicted octanol–water partition coefficient (Wildman–Crippen LogP) is 3.64. The lowest BCUT2D eigenvalue weighted by Crippen LogP contribution is -2.15. The zero-order valence-electron chi connectivity index (χ0n) is 14.8. The third-order valence-electron chi connectivity index (χ3n) is 3.93. The molecule has 3 rings (SSSR count). The Morgan fingerprint density at radius 2 is 1.96 bits per heavy atom. The number of aromatic nitrogens is 1. The van der Waals surface area contributed by atoms with Gasteiger partial charge in [0.1, 0.15) is 5.75 Å². The van der Waals surface area contributed by atoms with Gasteiger partial charge in [0.2, 0.25) is 5.91 Å². The van der Waals surface area contributed by atoms with Crippen LogP contribution in [-0.2, 0) is 20.4 Å². The summed E-state index contributed by atoms with van der Waals surface area (Å²) in [6.45, 7) is 0. The lowest BCUT2D eigenvalue weighted by atomic mass is 10.2. The molecule has 0 atom stereocenters. The van der Waals surface area contributed by atoms with E-state index in [2.05, 4.69) is 10.3 Å². The molecule has 1 heterocycles. The topological polar surface area (TPSA) is 85.4 Å². The summed E-state index contributed by atoms with van der Waals surface area (Å²) in [6, 6.07) is 14.5. The SMILES string of the molecule is COc1ccc2nc(NC(=O)CCCS(=O)(=O)Cc3ccccc3)sc2c1. The molecule has 0 aliphatic rings. The van der Waals surface area contributed by atoms with Crippen LogP contribution in [0.15, 0.2) is 48.5 Å². The fourth-order valence-electron chi connectivity index (χ4n) is 2.62. The van der Waals surface area contributed by atoms with Crippen molar-refractivity contribution in [3.05, 3.63) is 54.1 Å². The Hall–Kier alpha value is -2.45. The third kappa shape index (κ3) is 5.51. The zero-order chi connectivity index (χ0) is 19.3. The third-order valence-corrected chi connectivity index (χ3v) is 6.55. The van der Waals surface area contributed by atoms with Crippen LogP contribution in [-0.4, -0.2) is 32.2 Å². The first-order valence-corrected chi connectivity index (χ1v) is 11.1. The molecule has 0 unspecified atom stereocenters. The Morgan fingerprint density at radius 3 is 2.70 bits per heavy atom. The Labute approximate surface area is 162 Å². The number of nitrogens with zero attached hydrogens (tertiary/aromatic N) is 1. The Balaban J connectivity index is 1.51. The van der Waals surface area contributed by atoms with Gasteiger partial charge >= 0.3 is 0 Å². The van der Waals surface area contributed by atoms with Crippen molar-refractivity contribution in [1.82, 2.24) is 4.98 Å². The first kappa shape index (κ1) is 19.3. The number of rotatable bonds is 8. The van der Waals surface area contributed by atoms with Crippen LogP contribution >= 0.6 is 11.3 Å². The highest BCUT2D eigenvalue weighted by Gasteiger charge is 2.14. The number of nitrogens with one attached hydrogen (secondary N) is 1. The maximum absolute atomic E-state index is 12.2. The van der Waals surface area contributed by atoms with Crippen LogP contribution in [0.4, 0.5) is 5.13 Å². The number of hydrogen-bond acceptors (Lipinski definition) is 6. The molecule has 0 aliphatic carbocycles. The predicted molar refractivity (Wildman–Crippen MR) is 108 cm³/mol. The van der Waals surface area contributed by atoms with Crippen LogP contribution in [0, 0.1) is 0 Å². The molecule has 3 aromatic rings. The van der Waals surface area contributed by atoms with Crippen molar-refractivity contribution in [2.45, 2.75) is 18.6 Å². The maximum Gasteiger partial charge on any atom is 0.226 e. The maximum atomic E-state index is 12.2. The van der Waals surface area contributed by atoms with E-state index in [1.807, 2.05) is 36.4 Å². The van der Waals surface area contributed by atoms with E-state index in [1.165, 1.54) is 11.3 Å². The van der Waals surface area contributed by atoms with Crippen molar-refractivity contribution in [1.29, 1.82) is 0 Å². The second kappa shape index (κ2) is 8.49. The van der Waals surface area contributed by atoms with Crippen LogP contribution in [0.25, 0.3) is 10.2 Å². The van der Waals surface area contributed by atoms with Crippen LogP contribution in [0.3, 0.4) is 0 Å². The molecular weight excluding hydrogens is 384 g/mol. The van der Waals surface area contributed by atoms with Gasteiger partial charge in [-0.1, -0.05) is 41.7 Å². The van der Waals surface area contributed by atoms with Crippen LogP contribution in [0.5, 0.6) is 5.75 Å². The highest BCUT2D eigenvalue weighted by Crippen LogP contribution is 2.29. The van der Waals surface area contributed by atoms with Crippen molar-refractivity contribution >= 4 is 42.4 Å². The second-order valence-electron chi connectivity index (χ2n) is 6.08. The summed E-state index contributed by atoms with van der Waals surface area (Å²) in [5, 5.41) is 3.23. The van der Waals surface area contributed by atoms with Gasteiger partial charge in [-0.25, -0.2) is 13.4 Å².